The molecule has 2 aliphatic heterocycles. The van der Waals surface area contributed by atoms with Crippen LogP contribution in [0.25, 0.3) is 0 Å². The molecule has 1 aromatic carbocycles. The number of rotatable bonds is 6. The molecule has 0 nitrogen and oxygen atoms in total. The molecule has 0 spiro atoms. The first-order valence-corrected chi connectivity index (χ1v) is 17.5. The summed E-state index contributed by atoms with van der Waals surface area (Å²) in [7, 11) is -5.87. The van der Waals surface area contributed by atoms with Crippen molar-refractivity contribution in [2.24, 2.45) is 0 Å². The summed E-state index contributed by atoms with van der Waals surface area (Å²) in [6.07, 6.45) is 25.5. The maximum Gasteiger partial charge on any atom is 0.673 e. The van der Waals surface area contributed by atoms with E-state index in [4.69, 9.17) is 0 Å². The third-order valence-corrected chi connectivity index (χ3v) is 15.6. The van der Waals surface area contributed by atoms with Gasteiger partial charge in [0.05, 0.1) is 0 Å². The van der Waals surface area contributed by atoms with Gasteiger partial charge in [0, 0.05) is 19.5 Å². The minimum absolute atomic E-state index is 0. The molecule has 0 unspecified atom stereocenters. The van der Waals surface area contributed by atoms with Crippen LogP contribution in [0.5, 0.6) is 0 Å². The van der Waals surface area contributed by atoms with Crippen molar-refractivity contribution in [2.45, 2.75) is 127 Å². The molecule has 8 heteroatoms. The van der Waals surface area contributed by atoms with Crippen molar-refractivity contribution in [1.29, 1.82) is 0 Å². The van der Waals surface area contributed by atoms with Gasteiger partial charge in [-0.05, 0) is 110 Å². The van der Waals surface area contributed by atoms with Gasteiger partial charge in [-0.2, -0.15) is 0 Å². The van der Waals surface area contributed by atoms with E-state index in [2.05, 4.69) is 76.3 Å². The zero-order valence-corrected chi connectivity index (χ0v) is 27.2. The van der Waals surface area contributed by atoms with Gasteiger partial charge < -0.3 is 17.3 Å². The molecule has 3 aliphatic rings. The van der Waals surface area contributed by atoms with Crippen molar-refractivity contribution >= 4 is 33.7 Å². The molecule has 38 heavy (non-hydrogen) atoms. The number of allylic oxidation sites excluding steroid dienone is 4. The second-order valence-corrected chi connectivity index (χ2v) is 15.8. The minimum Gasteiger partial charge on any atom is -0.418 e. The Hall–Kier alpha value is -0.0317. The van der Waals surface area contributed by atoms with Crippen LogP contribution in [0.2, 0.25) is 0 Å². The number of hydrogen-bond donors (Lipinski definition) is 0. The first kappa shape index (κ1) is 36.0. The summed E-state index contributed by atoms with van der Waals surface area (Å²) in [5.41, 5.74) is 3.96. The fraction of sp³-hybridized carbons (Fsp3) is 0.667. The molecule has 0 amide bonds. The van der Waals surface area contributed by atoms with E-state index in [1.165, 1.54) is 77.0 Å². The molecular formula is C30H48BF4P2Rh-. The molecule has 0 N–H and O–H groups in total. The van der Waals surface area contributed by atoms with E-state index < -0.39 is 7.25 Å². The Bertz CT molecular complexity index is 730. The fourth-order valence-electron chi connectivity index (χ4n) is 6.07. The van der Waals surface area contributed by atoms with Gasteiger partial charge in [0.25, 0.3) is 0 Å². The van der Waals surface area contributed by atoms with Crippen molar-refractivity contribution in [3.8, 4) is 0 Å². The molecule has 0 aromatic heterocycles. The summed E-state index contributed by atoms with van der Waals surface area (Å²) in [4.78, 5) is 0. The van der Waals surface area contributed by atoms with E-state index in [1.54, 1.807) is 0 Å². The standard InChI is InChI=1S/C22H36P2.C8H12.BF4.Rh/c1-5-17-13-14-18(6-2)23(17)21-11-9-10-12-22(21)24-19(7-3)15-16-20(24)8-4;1-2-4-6-8-7-5-3-1;2-1(3,4)5;/h9-12,17-20H,5-8,13-16H2,1-4H3;1-2,7-8H,3-6H2;;/q;;-1;/b;2-1-,8-7?;;/t17-,18-,19-,20-;;;/m1.../s1. The van der Waals surface area contributed by atoms with Crippen LogP contribution in [0, 0.1) is 0 Å². The zero-order valence-electron chi connectivity index (χ0n) is 23.7. The van der Waals surface area contributed by atoms with Crippen LogP contribution in [0.1, 0.15) is 105 Å². The third-order valence-electron chi connectivity index (χ3n) is 7.90. The van der Waals surface area contributed by atoms with Crippen molar-refractivity contribution < 1.29 is 36.7 Å². The van der Waals surface area contributed by atoms with Crippen molar-refractivity contribution in [1.82, 2.24) is 0 Å². The number of benzene rings is 1. The van der Waals surface area contributed by atoms with Gasteiger partial charge >= 0.3 is 7.25 Å². The fourth-order valence-corrected chi connectivity index (χ4v) is 14.0. The molecule has 4 atom stereocenters. The first-order chi connectivity index (χ1) is 17.7. The van der Waals surface area contributed by atoms with Gasteiger partial charge in [-0.15, -0.1) is 0 Å². The van der Waals surface area contributed by atoms with Crippen molar-refractivity contribution in [3.63, 3.8) is 0 Å². The van der Waals surface area contributed by atoms with E-state index >= 15 is 0 Å². The average Bonchev–Trinajstić information content (AvgIpc) is 3.46. The van der Waals surface area contributed by atoms with Gasteiger partial charge in [-0.3, -0.25) is 0 Å². The summed E-state index contributed by atoms with van der Waals surface area (Å²) in [6, 6.07) is 9.79. The normalized spacial score (nSPS) is 26.7. The zero-order chi connectivity index (χ0) is 27.3. The Kier molecular flexibility index (Phi) is 18.1. The third kappa shape index (κ3) is 11.8. The summed E-state index contributed by atoms with van der Waals surface area (Å²) in [5, 5.41) is 3.68. The van der Waals surface area contributed by atoms with Crippen LogP contribution in [0.15, 0.2) is 48.6 Å². The molecule has 219 valence electrons. The topological polar surface area (TPSA) is 0 Å². The predicted octanol–water partition coefficient (Wildman–Crippen LogP) is 10.6. The molecule has 1 aromatic rings. The number of hydrogen-bond acceptors (Lipinski definition) is 0. The molecule has 0 saturated carbocycles. The smallest absolute Gasteiger partial charge is 0.418 e. The predicted molar refractivity (Wildman–Crippen MR) is 161 cm³/mol. The molecular weight excluding hydrogens is 612 g/mol. The molecule has 2 saturated heterocycles. The van der Waals surface area contributed by atoms with Crippen LogP contribution in [-0.4, -0.2) is 29.9 Å². The van der Waals surface area contributed by atoms with Crippen LogP contribution in [0.4, 0.5) is 17.3 Å². The minimum atomic E-state index is -6.00. The van der Waals surface area contributed by atoms with E-state index in [0.29, 0.717) is 0 Å². The maximum absolute atomic E-state index is 9.75. The Morgan fingerprint density at radius 1 is 0.579 bits per heavy atom. The van der Waals surface area contributed by atoms with Crippen LogP contribution in [-0.2, 0) is 19.5 Å². The van der Waals surface area contributed by atoms with Crippen LogP contribution < -0.4 is 10.6 Å². The Morgan fingerprint density at radius 3 is 1.03 bits per heavy atom. The monoisotopic (exact) mass is 660 g/mol. The SMILES string of the molecule is C1=CCC/C=C\CC1.CC[C@@H]1CC[C@@H](CC)P1c1ccccc1P1[C@H](CC)CC[C@H]1CC.F[B-](F)(F)F.[Rh]. The van der Waals surface area contributed by atoms with E-state index in [9.17, 15) is 17.3 Å². The van der Waals surface area contributed by atoms with Crippen LogP contribution >= 0.6 is 15.8 Å². The number of halogens is 4. The summed E-state index contributed by atoms with van der Waals surface area (Å²) in [5.74, 6) is 0. The van der Waals surface area contributed by atoms with Crippen LogP contribution in [0.3, 0.4) is 0 Å². The molecule has 1 radical (unpaired) electrons. The molecule has 1 aliphatic carbocycles. The van der Waals surface area contributed by atoms with Crippen molar-refractivity contribution in [2.75, 3.05) is 0 Å². The molecule has 0 bridgehead atoms. The van der Waals surface area contributed by atoms with Gasteiger partial charge in [0.15, 0.2) is 0 Å². The Labute approximate surface area is 245 Å². The summed E-state index contributed by atoms with van der Waals surface area (Å²) in [6.45, 7) is 9.74. The van der Waals surface area contributed by atoms with E-state index in [0.717, 1.165) is 22.6 Å². The second-order valence-electron chi connectivity index (χ2n) is 10.3. The quantitative estimate of drug-likeness (QED) is 0.123. The Balaban J connectivity index is 0.000000427. The van der Waals surface area contributed by atoms with Gasteiger partial charge in [-0.25, -0.2) is 0 Å². The second kappa shape index (κ2) is 19.2. The first-order valence-electron chi connectivity index (χ1n) is 14.6. The molecule has 2 fully saturated rings. The molecule has 4 rings (SSSR count). The van der Waals surface area contributed by atoms with Crippen molar-refractivity contribution in [3.05, 3.63) is 48.6 Å². The van der Waals surface area contributed by atoms with E-state index in [-0.39, 0.29) is 35.3 Å². The largest absolute Gasteiger partial charge is 0.673 e. The Morgan fingerprint density at radius 2 is 0.816 bits per heavy atom. The maximum atomic E-state index is 9.75. The summed E-state index contributed by atoms with van der Waals surface area (Å²) < 4.78 is 39.0. The molecule has 2 heterocycles. The van der Waals surface area contributed by atoms with Gasteiger partial charge in [-0.1, -0.05) is 92.1 Å². The van der Waals surface area contributed by atoms with Gasteiger partial charge in [0.1, 0.15) is 0 Å². The van der Waals surface area contributed by atoms with E-state index in [1.807, 2.05) is 10.6 Å². The average molecular weight is 660 g/mol. The van der Waals surface area contributed by atoms with Gasteiger partial charge in [0.2, 0.25) is 0 Å². The summed E-state index contributed by atoms with van der Waals surface area (Å²) >= 11 is 0.